The van der Waals surface area contributed by atoms with Crippen LogP contribution in [0.25, 0.3) is 0 Å². The smallest absolute Gasteiger partial charge is 0.0191 e. The summed E-state index contributed by atoms with van der Waals surface area (Å²) in [6, 6.07) is 6.22. The van der Waals surface area contributed by atoms with Gasteiger partial charge in [0.05, 0.1) is 0 Å². The number of rotatable bonds is 1. The Morgan fingerprint density at radius 1 is 1.45 bits per heavy atom. The SMILES string of the molecule is Cc1cccc(I)c1CN.Cl. The maximum atomic E-state index is 5.55. The molecule has 2 N–H and O–H groups in total. The predicted octanol–water partition coefficient (Wildman–Crippen LogP) is 2.48. The van der Waals surface area contributed by atoms with Crippen LogP contribution in [-0.4, -0.2) is 0 Å². The fourth-order valence-corrected chi connectivity index (χ4v) is 1.78. The first kappa shape index (κ1) is 11.2. The Balaban J connectivity index is 0.000001000. The standard InChI is InChI=1S/C8H10IN.ClH/c1-6-3-2-4-8(9)7(6)5-10;/h2-4H,5,10H2,1H3;1H. The third kappa shape index (κ3) is 2.61. The van der Waals surface area contributed by atoms with Crippen LogP contribution in [0.4, 0.5) is 0 Å². The molecule has 0 radical (unpaired) electrons. The van der Waals surface area contributed by atoms with E-state index in [-0.39, 0.29) is 12.4 Å². The lowest BCUT2D eigenvalue weighted by atomic mass is 10.1. The average Bonchev–Trinajstić information content (AvgIpc) is 1.88. The summed E-state index contributed by atoms with van der Waals surface area (Å²) in [5, 5.41) is 0. The monoisotopic (exact) mass is 283 g/mol. The minimum Gasteiger partial charge on any atom is -0.326 e. The summed E-state index contributed by atoms with van der Waals surface area (Å²) < 4.78 is 1.26. The molecule has 0 amide bonds. The topological polar surface area (TPSA) is 26.0 Å². The highest BCUT2D eigenvalue weighted by Gasteiger charge is 1.98. The molecule has 0 aliphatic heterocycles. The molecule has 0 unspecified atom stereocenters. The average molecular weight is 284 g/mol. The second-order valence-electron chi connectivity index (χ2n) is 2.24. The van der Waals surface area contributed by atoms with E-state index < -0.39 is 0 Å². The van der Waals surface area contributed by atoms with Gasteiger partial charge in [0.1, 0.15) is 0 Å². The van der Waals surface area contributed by atoms with Crippen molar-refractivity contribution >= 4 is 35.0 Å². The van der Waals surface area contributed by atoms with Crippen molar-refractivity contribution in [1.29, 1.82) is 0 Å². The fourth-order valence-electron chi connectivity index (χ4n) is 0.925. The zero-order chi connectivity index (χ0) is 7.56. The largest absolute Gasteiger partial charge is 0.326 e. The van der Waals surface area contributed by atoms with Crippen LogP contribution in [0, 0.1) is 10.5 Å². The number of hydrogen-bond acceptors (Lipinski definition) is 1. The van der Waals surface area contributed by atoms with Crippen molar-refractivity contribution < 1.29 is 0 Å². The molecule has 0 aliphatic rings. The van der Waals surface area contributed by atoms with E-state index in [0.29, 0.717) is 6.54 Å². The highest BCUT2D eigenvalue weighted by Crippen LogP contribution is 2.14. The highest BCUT2D eigenvalue weighted by molar-refractivity contribution is 14.1. The van der Waals surface area contributed by atoms with Crippen LogP contribution < -0.4 is 5.73 Å². The molecule has 0 spiro atoms. The van der Waals surface area contributed by atoms with Crippen molar-refractivity contribution in [2.75, 3.05) is 0 Å². The van der Waals surface area contributed by atoms with Crippen molar-refractivity contribution in [3.63, 3.8) is 0 Å². The number of halogens is 2. The van der Waals surface area contributed by atoms with Crippen molar-refractivity contribution in [1.82, 2.24) is 0 Å². The van der Waals surface area contributed by atoms with Crippen LogP contribution in [0.1, 0.15) is 11.1 Å². The lowest BCUT2D eigenvalue weighted by molar-refractivity contribution is 1.04. The summed E-state index contributed by atoms with van der Waals surface area (Å²) in [6.07, 6.45) is 0. The Morgan fingerprint density at radius 2 is 2.09 bits per heavy atom. The van der Waals surface area contributed by atoms with Crippen LogP contribution in [-0.2, 0) is 6.54 Å². The van der Waals surface area contributed by atoms with E-state index in [9.17, 15) is 0 Å². The molecule has 1 aromatic rings. The van der Waals surface area contributed by atoms with E-state index in [2.05, 4.69) is 47.7 Å². The van der Waals surface area contributed by atoms with Gasteiger partial charge in [-0.3, -0.25) is 0 Å². The molecular weight excluding hydrogens is 272 g/mol. The van der Waals surface area contributed by atoms with Crippen LogP contribution in [0.15, 0.2) is 18.2 Å². The first-order valence-electron chi connectivity index (χ1n) is 3.19. The van der Waals surface area contributed by atoms with Gasteiger partial charge in [0.25, 0.3) is 0 Å². The summed E-state index contributed by atoms with van der Waals surface area (Å²) in [5.74, 6) is 0. The number of hydrogen-bond donors (Lipinski definition) is 1. The summed E-state index contributed by atoms with van der Waals surface area (Å²) in [7, 11) is 0. The van der Waals surface area contributed by atoms with Gasteiger partial charge in [-0.05, 0) is 46.7 Å². The van der Waals surface area contributed by atoms with Crippen molar-refractivity contribution in [2.45, 2.75) is 13.5 Å². The normalized spacial score (nSPS) is 9.00. The van der Waals surface area contributed by atoms with Gasteiger partial charge < -0.3 is 5.73 Å². The summed E-state index contributed by atoms with van der Waals surface area (Å²) in [5.41, 5.74) is 8.10. The molecule has 0 bridgehead atoms. The molecule has 11 heavy (non-hydrogen) atoms. The van der Waals surface area contributed by atoms with Gasteiger partial charge >= 0.3 is 0 Å². The Hall–Kier alpha value is 0.200. The zero-order valence-electron chi connectivity index (χ0n) is 6.30. The third-order valence-corrected chi connectivity index (χ3v) is 2.57. The molecule has 1 nitrogen and oxygen atoms in total. The Kier molecular flexibility index (Phi) is 5.04. The molecule has 0 aromatic heterocycles. The minimum atomic E-state index is 0. The van der Waals surface area contributed by atoms with Crippen LogP contribution in [0.5, 0.6) is 0 Å². The van der Waals surface area contributed by atoms with Gasteiger partial charge in [-0.15, -0.1) is 12.4 Å². The first-order valence-corrected chi connectivity index (χ1v) is 4.27. The van der Waals surface area contributed by atoms with Gasteiger partial charge in [0.15, 0.2) is 0 Å². The Labute approximate surface area is 86.9 Å². The molecule has 0 fully saturated rings. The maximum absolute atomic E-state index is 5.55. The molecule has 0 saturated heterocycles. The van der Waals surface area contributed by atoms with Gasteiger partial charge in [-0.2, -0.15) is 0 Å². The lowest BCUT2D eigenvalue weighted by Gasteiger charge is -2.03. The minimum absolute atomic E-state index is 0. The Bertz CT molecular complexity index is 217. The molecular formula is C8H11ClIN. The van der Waals surface area contributed by atoms with E-state index in [1.165, 1.54) is 14.7 Å². The number of aryl methyl sites for hydroxylation is 1. The summed E-state index contributed by atoms with van der Waals surface area (Å²) >= 11 is 2.31. The van der Waals surface area contributed by atoms with Crippen molar-refractivity contribution in [3.05, 3.63) is 32.9 Å². The van der Waals surface area contributed by atoms with E-state index in [1.807, 2.05) is 0 Å². The third-order valence-electron chi connectivity index (χ3n) is 1.56. The van der Waals surface area contributed by atoms with Crippen LogP contribution in [0.2, 0.25) is 0 Å². The molecule has 0 aliphatic carbocycles. The second kappa shape index (κ2) is 4.95. The molecule has 0 atom stereocenters. The molecule has 62 valence electrons. The van der Waals surface area contributed by atoms with E-state index >= 15 is 0 Å². The van der Waals surface area contributed by atoms with Gasteiger partial charge in [0, 0.05) is 10.1 Å². The highest BCUT2D eigenvalue weighted by atomic mass is 127. The Morgan fingerprint density at radius 3 is 2.45 bits per heavy atom. The van der Waals surface area contributed by atoms with Crippen LogP contribution >= 0.6 is 35.0 Å². The van der Waals surface area contributed by atoms with E-state index in [0.717, 1.165) is 0 Å². The van der Waals surface area contributed by atoms with E-state index in [4.69, 9.17) is 5.73 Å². The molecule has 1 rings (SSSR count). The number of nitrogens with two attached hydrogens (primary N) is 1. The van der Waals surface area contributed by atoms with Gasteiger partial charge in [-0.1, -0.05) is 12.1 Å². The van der Waals surface area contributed by atoms with Gasteiger partial charge in [-0.25, -0.2) is 0 Å². The predicted molar refractivity (Wildman–Crippen MR) is 59.0 cm³/mol. The van der Waals surface area contributed by atoms with Crippen molar-refractivity contribution in [3.8, 4) is 0 Å². The first-order chi connectivity index (χ1) is 4.75. The molecule has 3 heteroatoms. The molecule has 1 aromatic carbocycles. The summed E-state index contributed by atoms with van der Waals surface area (Å²) in [4.78, 5) is 0. The number of benzene rings is 1. The molecule has 0 saturated carbocycles. The molecule has 0 heterocycles. The zero-order valence-corrected chi connectivity index (χ0v) is 9.28. The van der Waals surface area contributed by atoms with Crippen LogP contribution in [0.3, 0.4) is 0 Å². The maximum Gasteiger partial charge on any atom is 0.0191 e. The van der Waals surface area contributed by atoms with Gasteiger partial charge in [0.2, 0.25) is 0 Å². The lowest BCUT2D eigenvalue weighted by Crippen LogP contribution is -2.01. The summed E-state index contributed by atoms with van der Waals surface area (Å²) in [6.45, 7) is 2.73. The second-order valence-corrected chi connectivity index (χ2v) is 3.40. The fraction of sp³-hybridized carbons (Fsp3) is 0.250. The van der Waals surface area contributed by atoms with E-state index in [1.54, 1.807) is 0 Å². The van der Waals surface area contributed by atoms with Crippen molar-refractivity contribution in [2.24, 2.45) is 5.73 Å². The quantitative estimate of drug-likeness (QED) is 0.787.